The van der Waals surface area contributed by atoms with Crippen LogP contribution in [0, 0.1) is 0 Å². The number of ketones is 1. The highest BCUT2D eigenvalue weighted by molar-refractivity contribution is 6.01. The zero-order valence-corrected chi connectivity index (χ0v) is 18.5. The first-order valence-electron chi connectivity index (χ1n) is 10.6. The number of hydrogen-bond donors (Lipinski definition) is 1. The van der Waals surface area contributed by atoms with Gasteiger partial charge < -0.3 is 19.4 Å². The minimum Gasteiger partial charge on any atom is -0.497 e. The Bertz CT molecular complexity index is 1090. The lowest BCUT2D eigenvalue weighted by atomic mass is 10.1. The lowest BCUT2D eigenvalue weighted by molar-refractivity contribution is -0.121. The predicted octanol–water partition coefficient (Wildman–Crippen LogP) is 3.49. The average Bonchev–Trinajstić information content (AvgIpc) is 3.21. The van der Waals surface area contributed by atoms with Crippen LogP contribution in [0.1, 0.15) is 28.8 Å². The molecule has 0 aliphatic rings. The summed E-state index contributed by atoms with van der Waals surface area (Å²) >= 11 is 0. The molecule has 0 saturated carbocycles. The van der Waals surface area contributed by atoms with E-state index < -0.39 is 0 Å². The van der Waals surface area contributed by atoms with Gasteiger partial charge in [-0.3, -0.25) is 14.6 Å². The molecule has 0 unspecified atom stereocenters. The van der Waals surface area contributed by atoms with Crippen molar-refractivity contribution in [2.45, 2.75) is 19.4 Å². The number of ether oxygens (including phenoxy) is 2. The molecule has 3 aromatic rings. The standard InChI is InChI=1S/C25H29N3O4/c1-31-14-11-27-25(30)7-4-12-28-13-10-20-16-21(8-9-23(20)28)24(29)18-26-17-19-5-3-6-22(15-19)32-2/h3,5-6,8-10,13,15-17H,4,7,11-12,14,18H2,1-2H3,(H,27,30). The largest absolute Gasteiger partial charge is 0.497 e. The van der Waals surface area contributed by atoms with Crippen LogP contribution in [0.2, 0.25) is 0 Å². The van der Waals surface area contributed by atoms with Crippen molar-refractivity contribution in [2.75, 3.05) is 33.9 Å². The number of hydrogen-bond acceptors (Lipinski definition) is 5. The molecule has 1 N–H and O–H groups in total. The van der Waals surface area contributed by atoms with Gasteiger partial charge in [0.1, 0.15) is 12.3 Å². The number of benzene rings is 2. The van der Waals surface area contributed by atoms with Gasteiger partial charge >= 0.3 is 0 Å². The highest BCUT2D eigenvalue weighted by atomic mass is 16.5. The van der Waals surface area contributed by atoms with E-state index in [0.717, 1.165) is 35.2 Å². The molecule has 168 valence electrons. The Kier molecular flexibility index (Phi) is 8.57. The topological polar surface area (TPSA) is 81.9 Å². The summed E-state index contributed by atoms with van der Waals surface area (Å²) in [6, 6.07) is 15.2. The molecule has 1 heterocycles. The van der Waals surface area contributed by atoms with E-state index in [9.17, 15) is 9.59 Å². The molecule has 0 spiro atoms. The molecular formula is C25H29N3O4. The quantitative estimate of drug-likeness (QED) is 0.268. The van der Waals surface area contributed by atoms with Gasteiger partial charge in [0.2, 0.25) is 5.91 Å². The summed E-state index contributed by atoms with van der Waals surface area (Å²) in [5.74, 6) is 0.745. The zero-order valence-electron chi connectivity index (χ0n) is 18.5. The predicted molar refractivity (Wildman–Crippen MR) is 126 cm³/mol. The van der Waals surface area contributed by atoms with Crippen LogP contribution in [0.5, 0.6) is 5.75 Å². The van der Waals surface area contributed by atoms with Crippen molar-refractivity contribution in [1.82, 2.24) is 9.88 Å². The number of carbonyl (C=O) groups excluding carboxylic acids is 2. The van der Waals surface area contributed by atoms with E-state index in [1.807, 2.05) is 54.7 Å². The van der Waals surface area contributed by atoms with Crippen molar-refractivity contribution in [1.29, 1.82) is 0 Å². The zero-order chi connectivity index (χ0) is 22.8. The van der Waals surface area contributed by atoms with Crippen molar-refractivity contribution < 1.29 is 19.1 Å². The lowest BCUT2D eigenvalue weighted by Crippen LogP contribution is -2.26. The van der Waals surface area contributed by atoms with Gasteiger partial charge in [-0.05, 0) is 48.4 Å². The summed E-state index contributed by atoms with van der Waals surface area (Å²) in [4.78, 5) is 28.7. The third kappa shape index (κ3) is 6.52. The molecule has 1 aromatic heterocycles. The molecule has 0 saturated heterocycles. The highest BCUT2D eigenvalue weighted by Crippen LogP contribution is 2.19. The number of fused-ring (bicyclic) bond motifs is 1. The van der Waals surface area contributed by atoms with Crippen LogP contribution in [0.4, 0.5) is 0 Å². The Morgan fingerprint density at radius 1 is 1.12 bits per heavy atom. The van der Waals surface area contributed by atoms with E-state index in [4.69, 9.17) is 9.47 Å². The Morgan fingerprint density at radius 2 is 2.00 bits per heavy atom. The number of methoxy groups -OCH3 is 2. The maximum absolute atomic E-state index is 12.6. The van der Waals surface area contributed by atoms with Crippen LogP contribution in [0.3, 0.4) is 0 Å². The summed E-state index contributed by atoms with van der Waals surface area (Å²) in [5.41, 5.74) is 2.56. The van der Waals surface area contributed by atoms with Gasteiger partial charge in [-0.2, -0.15) is 0 Å². The first-order chi connectivity index (χ1) is 15.6. The fourth-order valence-electron chi connectivity index (χ4n) is 3.41. The first-order valence-corrected chi connectivity index (χ1v) is 10.6. The molecule has 1 amide bonds. The Hall–Kier alpha value is -3.45. The summed E-state index contributed by atoms with van der Waals surface area (Å²) in [6.45, 7) is 1.87. The summed E-state index contributed by atoms with van der Waals surface area (Å²) in [5, 5.41) is 3.82. The number of aryl methyl sites for hydroxylation is 1. The van der Waals surface area contributed by atoms with Crippen LogP contribution in [0.25, 0.3) is 10.9 Å². The number of nitrogens with one attached hydrogen (secondary N) is 1. The number of nitrogens with zero attached hydrogens (tertiary/aromatic N) is 2. The van der Waals surface area contributed by atoms with Crippen LogP contribution < -0.4 is 10.1 Å². The number of amides is 1. The molecule has 2 aromatic carbocycles. The number of aromatic nitrogens is 1. The molecule has 32 heavy (non-hydrogen) atoms. The van der Waals surface area contributed by atoms with Crippen molar-refractivity contribution in [3.8, 4) is 5.75 Å². The number of aliphatic imine (C=N–C) groups is 1. The molecule has 0 radical (unpaired) electrons. The minimum atomic E-state index is -0.0356. The maximum atomic E-state index is 12.6. The van der Waals surface area contributed by atoms with E-state index in [1.54, 1.807) is 20.4 Å². The third-order valence-corrected chi connectivity index (χ3v) is 5.09. The molecule has 0 fully saturated rings. The molecule has 3 rings (SSSR count). The molecule has 7 nitrogen and oxygen atoms in total. The van der Waals surface area contributed by atoms with Gasteiger partial charge in [-0.15, -0.1) is 0 Å². The molecular weight excluding hydrogens is 406 g/mol. The van der Waals surface area contributed by atoms with Crippen molar-refractivity contribution in [3.63, 3.8) is 0 Å². The third-order valence-electron chi connectivity index (χ3n) is 5.09. The van der Waals surface area contributed by atoms with Gasteiger partial charge in [-0.1, -0.05) is 12.1 Å². The van der Waals surface area contributed by atoms with E-state index in [2.05, 4.69) is 14.9 Å². The number of rotatable bonds is 12. The minimum absolute atomic E-state index is 0.0286. The van der Waals surface area contributed by atoms with E-state index in [1.165, 1.54) is 0 Å². The van der Waals surface area contributed by atoms with Gasteiger partial charge in [-0.25, -0.2) is 0 Å². The van der Waals surface area contributed by atoms with Gasteiger partial charge in [0.15, 0.2) is 5.78 Å². The van der Waals surface area contributed by atoms with Crippen LogP contribution in [-0.2, 0) is 16.1 Å². The second-order valence-corrected chi connectivity index (χ2v) is 7.40. The van der Waals surface area contributed by atoms with Gasteiger partial charge in [0.05, 0.1) is 13.7 Å². The van der Waals surface area contributed by atoms with Gasteiger partial charge in [0.25, 0.3) is 0 Å². The molecule has 0 bridgehead atoms. The normalized spacial score (nSPS) is 11.2. The lowest BCUT2D eigenvalue weighted by Gasteiger charge is -2.07. The Balaban J connectivity index is 1.54. The van der Waals surface area contributed by atoms with E-state index in [-0.39, 0.29) is 18.2 Å². The van der Waals surface area contributed by atoms with E-state index in [0.29, 0.717) is 25.1 Å². The van der Waals surface area contributed by atoms with Crippen molar-refractivity contribution >= 4 is 28.8 Å². The second-order valence-electron chi connectivity index (χ2n) is 7.40. The smallest absolute Gasteiger partial charge is 0.220 e. The summed E-state index contributed by atoms with van der Waals surface area (Å²) in [6.07, 6.45) is 4.87. The second kappa shape index (κ2) is 11.8. The summed E-state index contributed by atoms with van der Waals surface area (Å²) in [7, 11) is 3.22. The van der Waals surface area contributed by atoms with Crippen molar-refractivity contribution in [3.05, 3.63) is 65.9 Å². The highest BCUT2D eigenvalue weighted by Gasteiger charge is 2.09. The fourth-order valence-corrected chi connectivity index (χ4v) is 3.41. The fraction of sp³-hybridized carbons (Fsp3) is 0.320. The van der Waals surface area contributed by atoms with Crippen LogP contribution >= 0.6 is 0 Å². The molecule has 7 heteroatoms. The van der Waals surface area contributed by atoms with Crippen LogP contribution in [0.15, 0.2) is 59.7 Å². The monoisotopic (exact) mass is 435 g/mol. The van der Waals surface area contributed by atoms with Crippen LogP contribution in [-0.4, -0.2) is 56.4 Å². The van der Waals surface area contributed by atoms with Gasteiger partial charge in [0, 0.05) is 55.5 Å². The maximum Gasteiger partial charge on any atom is 0.220 e. The SMILES string of the molecule is COCCNC(=O)CCCn1ccc2cc(C(=O)CN=Cc3cccc(OC)c3)ccc21. The molecule has 0 aliphatic carbocycles. The Morgan fingerprint density at radius 3 is 2.81 bits per heavy atom. The summed E-state index contributed by atoms with van der Waals surface area (Å²) < 4.78 is 12.2. The number of Topliss-reactive ketones (excluding diaryl/α,β-unsaturated/α-hetero) is 1. The molecule has 0 aliphatic heterocycles. The molecule has 0 atom stereocenters. The Labute approximate surface area is 188 Å². The first kappa shape index (κ1) is 23.2. The van der Waals surface area contributed by atoms with E-state index >= 15 is 0 Å². The number of carbonyl (C=O) groups is 2. The average molecular weight is 436 g/mol. The van der Waals surface area contributed by atoms with Crippen molar-refractivity contribution in [2.24, 2.45) is 4.99 Å².